The van der Waals surface area contributed by atoms with E-state index in [0.29, 0.717) is 0 Å². The molecule has 0 aromatic heterocycles. The second-order valence-electron chi connectivity index (χ2n) is 3.89. The van der Waals surface area contributed by atoms with E-state index in [1.165, 1.54) is 0 Å². The standard InChI is InChI=1S/C13H18NO2/c1-10(2)14(11(3)15)9-12-7-5-6-8-13(12)16-4/h5-10H,1-4H3/q+1. The molecule has 86 valence electrons. The smallest absolute Gasteiger partial charge is 0.384 e. The predicted octanol–water partition coefficient (Wildman–Crippen LogP) is 2.08. The van der Waals surface area contributed by atoms with Gasteiger partial charge in [-0.05, 0) is 26.0 Å². The van der Waals surface area contributed by atoms with Crippen molar-refractivity contribution in [3.05, 3.63) is 29.8 Å². The summed E-state index contributed by atoms with van der Waals surface area (Å²) in [7, 11) is 1.63. The fourth-order valence-corrected chi connectivity index (χ4v) is 1.53. The molecule has 1 aromatic carbocycles. The molecule has 0 aliphatic heterocycles. The number of hydrogen-bond acceptors (Lipinski definition) is 2. The zero-order valence-electron chi connectivity index (χ0n) is 10.2. The lowest BCUT2D eigenvalue weighted by atomic mass is 10.2. The van der Waals surface area contributed by atoms with Crippen molar-refractivity contribution < 1.29 is 14.1 Å². The Morgan fingerprint density at radius 1 is 1.38 bits per heavy atom. The van der Waals surface area contributed by atoms with Gasteiger partial charge in [0.1, 0.15) is 5.75 Å². The van der Waals surface area contributed by atoms with Gasteiger partial charge in [-0.3, -0.25) is 0 Å². The summed E-state index contributed by atoms with van der Waals surface area (Å²) in [6.45, 7) is 5.52. The summed E-state index contributed by atoms with van der Waals surface area (Å²) < 4.78 is 6.93. The van der Waals surface area contributed by atoms with Crippen molar-refractivity contribution in [2.24, 2.45) is 0 Å². The SMILES string of the molecule is COc1ccccc1C=[N+](C(C)=O)C(C)C. The van der Waals surface area contributed by atoms with Gasteiger partial charge in [-0.2, -0.15) is 4.58 Å². The highest BCUT2D eigenvalue weighted by Gasteiger charge is 2.16. The van der Waals surface area contributed by atoms with Crippen LogP contribution in [0.2, 0.25) is 0 Å². The van der Waals surface area contributed by atoms with Crippen LogP contribution in [0, 0.1) is 0 Å². The van der Waals surface area contributed by atoms with Gasteiger partial charge in [0.2, 0.25) is 0 Å². The van der Waals surface area contributed by atoms with Gasteiger partial charge >= 0.3 is 5.91 Å². The lowest BCUT2D eigenvalue weighted by Crippen LogP contribution is -2.26. The highest BCUT2D eigenvalue weighted by atomic mass is 16.5. The summed E-state index contributed by atoms with van der Waals surface area (Å²) in [6, 6.07) is 7.78. The van der Waals surface area contributed by atoms with Crippen molar-refractivity contribution >= 4 is 12.1 Å². The maximum Gasteiger partial charge on any atom is 0.384 e. The molecular weight excluding hydrogens is 202 g/mol. The molecule has 0 spiro atoms. The van der Waals surface area contributed by atoms with E-state index in [4.69, 9.17) is 4.74 Å². The lowest BCUT2D eigenvalue weighted by molar-refractivity contribution is -0.474. The first-order valence-electron chi connectivity index (χ1n) is 5.33. The van der Waals surface area contributed by atoms with Crippen LogP contribution < -0.4 is 4.74 Å². The van der Waals surface area contributed by atoms with Crippen LogP contribution in [0.1, 0.15) is 26.3 Å². The molecule has 0 fully saturated rings. The Morgan fingerprint density at radius 2 is 2.00 bits per heavy atom. The Balaban J connectivity index is 3.17. The van der Waals surface area contributed by atoms with Crippen molar-refractivity contribution in [3.8, 4) is 5.75 Å². The first kappa shape index (κ1) is 12.4. The number of ether oxygens (including phenoxy) is 1. The average molecular weight is 220 g/mol. The van der Waals surface area contributed by atoms with E-state index < -0.39 is 0 Å². The van der Waals surface area contributed by atoms with Gasteiger partial charge in [-0.15, -0.1) is 0 Å². The fraction of sp³-hybridized carbons (Fsp3) is 0.385. The van der Waals surface area contributed by atoms with E-state index in [2.05, 4.69) is 0 Å². The van der Waals surface area contributed by atoms with Crippen molar-refractivity contribution in [2.75, 3.05) is 7.11 Å². The van der Waals surface area contributed by atoms with Gasteiger partial charge in [0.25, 0.3) is 0 Å². The van der Waals surface area contributed by atoms with E-state index >= 15 is 0 Å². The second kappa shape index (κ2) is 5.45. The predicted molar refractivity (Wildman–Crippen MR) is 64.2 cm³/mol. The topological polar surface area (TPSA) is 29.3 Å². The number of methoxy groups -OCH3 is 1. The average Bonchev–Trinajstić information content (AvgIpc) is 2.25. The molecule has 0 atom stereocenters. The molecule has 1 aromatic rings. The van der Waals surface area contributed by atoms with Crippen molar-refractivity contribution in [2.45, 2.75) is 26.8 Å². The Bertz CT molecular complexity index is 408. The molecule has 1 rings (SSSR count). The molecular formula is C13H18NO2+. The molecule has 0 radical (unpaired) electrons. The van der Waals surface area contributed by atoms with E-state index in [1.54, 1.807) is 18.6 Å². The van der Waals surface area contributed by atoms with Crippen LogP contribution in [0.15, 0.2) is 24.3 Å². The summed E-state index contributed by atoms with van der Waals surface area (Å²) in [6.07, 6.45) is 1.83. The largest absolute Gasteiger partial charge is 0.496 e. The van der Waals surface area contributed by atoms with Crippen LogP contribution in [0.3, 0.4) is 0 Å². The lowest BCUT2D eigenvalue weighted by Gasteiger charge is -2.05. The van der Waals surface area contributed by atoms with Crippen LogP contribution in [0.25, 0.3) is 0 Å². The minimum absolute atomic E-state index is 0.0286. The molecule has 0 aliphatic rings. The molecule has 0 heterocycles. The summed E-state index contributed by atoms with van der Waals surface area (Å²) >= 11 is 0. The van der Waals surface area contributed by atoms with Gasteiger partial charge in [0, 0.05) is 0 Å². The second-order valence-corrected chi connectivity index (χ2v) is 3.89. The molecule has 0 aliphatic carbocycles. The fourth-order valence-electron chi connectivity index (χ4n) is 1.53. The number of nitrogens with zero attached hydrogens (tertiary/aromatic N) is 1. The Hall–Kier alpha value is -1.64. The Kier molecular flexibility index (Phi) is 4.23. The normalized spacial score (nSPS) is 11.7. The highest BCUT2D eigenvalue weighted by molar-refractivity contribution is 5.84. The Morgan fingerprint density at radius 3 is 2.50 bits per heavy atom. The summed E-state index contributed by atoms with van der Waals surface area (Å²) in [5.41, 5.74) is 0.911. The molecule has 3 nitrogen and oxygen atoms in total. The van der Waals surface area contributed by atoms with Gasteiger partial charge in [-0.25, -0.2) is 4.79 Å². The molecule has 0 bridgehead atoms. The first-order valence-corrected chi connectivity index (χ1v) is 5.33. The zero-order chi connectivity index (χ0) is 12.1. The third-order valence-corrected chi connectivity index (χ3v) is 2.34. The molecule has 3 heteroatoms. The number of hydrogen-bond donors (Lipinski definition) is 0. The minimum atomic E-state index is 0.0286. The van der Waals surface area contributed by atoms with Gasteiger partial charge in [-0.1, -0.05) is 12.1 Å². The monoisotopic (exact) mass is 220 g/mol. The van der Waals surface area contributed by atoms with Crippen LogP contribution in [-0.4, -0.2) is 29.8 Å². The number of amides is 1. The Labute approximate surface area is 96.4 Å². The van der Waals surface area contributed by atoms with Gasteiger partial charge in [0.05, 0.1) is 19.6 Å². The van der Waals surface area contributed by atoms with Crippen molar-refractivity contribution in [1.82, 2.24) is 0 Å². The maximum atomic E-state index is 11.4. The summed E-state index contributed by atoms with van der Waals surface area (Å²) in [5, 5.41) is 0. The highest BCUT2D eigenvalue weighted by Crippen LogP contribution is 2.14. The quantitative estimate of drug-likeness (QED) is 0.576. The third-order valence-electron chi connectivity index (χ3n) is 2.34. The molecule has 1 amide bonds. The number of carbonyl (C=O) groups is 1. The summed E-state index contributed by atoms with van der Waals surface area (Å²) in [4.78, 5) is 11.4. The van der Waals surface area contributed by atoms with E-state index in [1.807, 2.05) is 44.3 Å². The van der Waals surface area contributed by atoms with E-state index in [-0.39, 0.29) is 11.9 Å². The summed E-state index contributed by atoms with van der Waals surface area (Å²) in [5.74, 6) is 0.801. The molecule has 0 saturated carbocycles. The first-order chi connectivity index (χ1) is 7.56. The van der Waals surface area contributed by atoms with E-state index in [0.717, 1.165) is 11.3 Å². The number of rotatable bonds is 3. The number of carbonyl (C=O) groups excluding carboxylic acids is 1. The van der Waals surface area contributed by atoms with E-state index in [9.17, 15) is 4.79 Å². The molecule has 16 heavy (non-hydrogen) atoms. The third kappa shape index (κ3) is 2.92. The molecule has 0 unspecified atom stereocenters. The maximum absolute atomic E-state index is 11.4. The molecule has 0 N–H and O–H groups in total. The zero-order valence-corrected chi connectivity index (χ0v) is 10.2. The minimum Gasteiger partial charge on any atom is -0.496 e. The van der Waals surface area contributed by atoms with Crippen LogP contribution in [-0.2, 0) is 4.79 Å². The molecule has 0 saturated heterocycles. The van der Waals surface area contributed by atoms with Crippen molar-refractivity contribution in [3.63, 3.8) is 0 Å². The van der Waals surface area contributed by atoms with Crippen LogP contribution >= 0.6 is 0 Å². The van der Waals surface area contributed by atoms with Gasteiger partial charge < -0.3 is 4.74 Å². The number of para-hydroxylation sites is 1. The van der Waals surface area contributed by atoms with Crippen LogP contribution in [0.4, 0.5) is 0 Å². The number of benzene rings is 1. The van der Waals surface area contributed by atoms with Gasteiger partial charge in [0.15, 0.2) is 12.3 Å². The van der Waals surface area contributed by atoms with Crippen LogP contribution in [0.5, 0.6) is 5.75 Å². The van der Waals surface area contributed by atoms with Crippen molar-refractivity contribution in [1.29, 1.82) is 0 Å².